The minimum Gasteiger partial charge on any atom is -0.320 e. The van der Waals surface area contributed by atoms with Gasteiger partial charge in [0, 0.05) is 13.5 Å². The highest BCUT2D eigenvalue weighted by atomic mass is 127. The number of hydrogen-bond acceptors (Lipinski definition) is 2. The molecule has 1 aromatic heterocycles. The number of carbonyl (C=O) groups is 1. The maximum absolute atomic E-state index is 12.3. The zero-order valence-corrected chi connectivity index (χ0v) is 14.4. The Kier molecular flexibility index (Phi) is 4.33. The maximum atomic E-state index is 12.3. The average molecular weight is 418 g/mol. The molecule has 2 aromatic rings. The van der Waals surface area contributed by atoms with Crippen LogP contribution in [0.5, 0.6) is 0 Å². The summed E-state index contributed by atoms with van der Waals surface area (Å²) in [4.78, 5) is 14.5. The van der Waals surface area contributed by atoms with Gasteiger partial charge < -0.3 is 5.32 Å². The number of aryl methyl sites for hydroxylation is 2. The molecule has 0 unspecified atom stereocenters. The lowest BCUT2D eigenvalue weighted by atomic mass is 9.99. The van der Waals surface area contributed by atoms with E-state index in [0.717, 1.165) is 27.0 Å². The van der Waals surface area contributed by atoms with E-state index in [-0.39, 0.29) is 5.91 Å². The summed E-state index contributed by atoms with van der Waals surface area (Å²) in [6, 6.07) is 7.53. The molecule has 1 aliphatic carbocycles. The van der Waals surface area contributed by atoms with Crippen molar-refractivity contribution in [3.8, 4) is 0 Å². The number of benzene rings is 1. The van der Waals surface area contributed by atoms with Crippen LogP contribution in [0.25, 0.3) is 0 Å². The van der Waals surface area contributed by atoms with Crippen LogP contribution in [-0.4, -0.2) is 5.91 Å². The first-order valence-electron chi connectivity index (χ1n) is 6.51. The third kappa shape index (κ3) is 3.02. The monoisotopic (exact) mass is 417 g/mol. The number of anilines is 1. The fourth-order valence-electron chi connectivity index (χ4n) is 2.38. The number of hydrogen-bond donors (Lipinski definition) is 1. The Morgan fingerprint density at radius 3 is 2.80 bits per heavy atom. The first-order chi connectivity index (χ1) is 9.63. The van der Waals surface area contributed by atoms with Crippen molar-refractivity contribution in [2.24, 2.45) is 0 Å². The van der Waals surface area contributed by atoms with E-state index in [1.165, 1.54) is 23.3 Å². The molecule has 1 amide bonds. The second-order valence-corrected chi connectivity index (χ2v) is 7.58. The van der Waals surface area contributed by atoms with Gasteiger partial charge in [-0.3, -0.25) is 4.79 Å². The number of rotatable bonds is 2. The quantitative estimate of drug-likeness (QED) is 0.674. The van der Waals surface area contributed by atoms with E-state index >= 15 is 0 Å². The van der Waals surface area contributed by atoms with Crippen molar-refractivity contribution >= 4 is 57.1 Å². The lowest BCUT2D eigenvalue weighted by Gasteiger charge is -2.08. The van der Waals surface area contributed by atoms with Gasteiger partial charge in [0.2, 0.25) is 0 Å². The van der Waals surface area contributed by atoms with Gasteiger partial charge in [-0.2, -0.15) is 0 Å². The zero-order valence-electron chi connectivity index (χ0n) is 10.7. The second-order valence-electron chi connectivity index (χ2n) is 4.84. The van der Waals surface area contributed by atoms with Gasteiger partial charge in [-0.05, 0) is 78.1 Å². The summed E-state index contributed by atoms with van der Waals surface area (Å²) >= 11 is 9.73. The van der Waals surface area contributed by atoms with Gasteiger partial charge in [0.15, 0.2) is 0 Å². The van der Waals surface area contributed by atoms with Crippen LogP contribution in [0.3, 0.4) is 0 Å². The molecule has 1 N–H and O–H groups in total. The summed E-state index contributed by atoms with van der Waals surface area (Å²) in [7, 11) is 0. The largest absolute Gasteiger partial charge is 0.320 e. The van der Waals surface area contributed by atoms with E-state index in [0.29, 0.717) is 5.02 Å². The van der Waals surface area contributed by atoms with E-state index in [4.69, 9.17) is 11.6 Å². The van der Waals surface area contributed by atoms with Crippen LogP contribution in [0.15, 0.2) is 24.3 Å². The van der Waals surface area contributed by atoms with Crippen molar-refractivity contribution in [2.45, 2.75) is 25.7 Å². The van der Waals surface area contributed by atoms with Gasteiger partial charge in [0.05, 0.1) is 10.6 Å². The van der Waals surface area contributed by atoms with E-state index in [1.807, 2.05) is 12.1 Å². The molecule has 0 fully saturated rings. The number of thiophene rings is 1. The summed E-state index contributed by atoms with van der Waals surface area (Å²) < 4.78 is 0.949. The molecule has 5 heteroatoms. The standard InChI is InChI=1S/C15H13ClINOS/c16-10-5-6-12(11(17)8-10)18-15(19)14-7-9-3-1-2-4-13(9)20-14/h5-8H,1-4H2,(H,18,19). The Balaban J connectivity index is 1.80. The Morgan fingerprint density at radius 2 is 2.05 bits per heavy atom. The Labute approximate surface area is 140 Å². The van der Waals surface area contributed by atoms with Crippen LogP contribution >= 0.6 is 45.5 Å². The predicted molar refractivity (Wildman–Crippen MR) is 93.1 cm³/mol. The third-order valence-corrected chi connectivity index (χ3v) is 5.76. The van der Waals surface area contributed by atoms with Crippen LogP contribution in [0.4, 0.5) is 5.69 Å². The van der Waals surface area contributed by atoms with Crippen molar-refractivity contribution in [3.63, 3.8) is 0 Å². The van der Waals surface area contributed by atoms with E-state index in [9.17, 15) is 4.79 Å². The summed E-state index contributed by atoms with van der Waals surface area (Å²) in [5.74, 6) is -0.0235. The van der Waals surface area contributed by atoms with Crippen molar-refractivity contribution in [1.29, 1.82) is 0 Å². The molecule has 3 rings (SSSR count). The molecule has 1 aromatic carbocycles. The molecule has 0 radical (unpaired) electrons. The van der Waals surface area contributed by atoms with Gasteiger partial charge in [-0.25, -0.2) is 0 Å². The maximum Gasteiger partial charge on any atom is 0.265 e. The highest BCUT2D eigenvalue weighted by molar-refractivity contribution is 14.1. The fraction of sp³-hybridized carbons (Fsp3) is 0.267. The number of halogens is 2. The summed E-state index contributed by atoms with van der Waals surface area (Å²) in [5.41, 5.74) is 2.17. The van der Waals surface area contributed by atoms with Gasteiger partial charge in [-0.1, -0.05) is 11.6 Å². The third-order valence-electron chi connectivity index (χ3n) is 3.40. The lowest BCUT2D eigenvalue weighted by Crippen LogP contribution is -2.11. The molecule has 0 atom stereocenters. The first kappa shape index (κ1) is 14.4. The lowest BCUT2D eigenvalue weighted by molar-refractivity contribution is 0.103. The van der Waals surface area contributed by atoms with Crippen molar-refractivity contribution in [3.05, 3.63) is 48.2 Å². The predicted octanol–water partition coefficient (Wildman–Crippen LogP) is 5.14. The molecule has 0 spiro atoms. The average Bonchev–Trinajstić information content (AvgIpc) is 2.86. The zero-order chi connectivity index (χ0) is 14.1. The normalized spacial score (nSPS) is 13.9. The minimum absolute atomic E-state index is 0.0235. The highest BCUT2D eigenvalue weighted by Crippen LogP contribution is 2.30. The van der Waals surface area contributed by atoms with Gasteiger partial charge in [-0.15, -0.1) is 11.3 Å². The Bertz CT molecular complexity index is 644. The van der Waals surface area contributed by atoms with Crippen LogP contribution < -0.4 is 5.32 Å². The molecule has 0 saturated heterocycles. The summed E-state index contributed by atoms with van der Waals surface area (Å²) in [6.45, 7) is 0. The highest BCUT2D eigenvalue weighted by Gasteiger charge is 2.17. The topological polar surface area (TPSA) is 29.1 Å². The smallest absolute Gasteiger partial charge is 0.265 e. The molecule has 20 heavy (non-hydrogen) atoms. The van der Waals surface area contributed by atoms with Crippen molar-refractivity contribution in [1.82, 2.24) is 0 Å². The summed E-state index contributed by atoms with van der Waals surface area (Å²) in [5, 5.41) is 3.65. The van der Waals surface area contributed by atoms with Crippen LogP contribution in [0.1, 0.15) is 33.0 Å². The van der Waals surface area contributed by atoms with Gasteiger partial charge >= 0.3 is 0 Å². The summed E-state index contributed by atoms with van der Waals surface area (Å²) in [6.07, 6.45) is 4.70. The molecule has 2 nitrogen and oxygen atoms in total. The van der Waals surface area contributed by atoms with Crippen LogP contribution in [0.2, 0.25) is 5.02 Å². The molecule has 1 aliphatic rings. The van der Waals surface area contributed by atoms with Crippen LogP contribution in [0, 0.1) is 3.57 Å². The number of nitrogens with one attached hydrogen (secondary N) is 1. The molecule has 1 heterocycles. The fourth-order valence-corrected chi connectivity index (χ4v) is 4.53. The molecule has 104 valence electrons. The molecular formula is C15H13ClINOS. The number of fused-ring (bicyclic) bond motifs is 1. The molecule has 0 bridgehead atoms. The molecular weight excluding hydrogens is 405 g/mol. The minimum atomic E-state index is -0.0235. The molecule has 0 aliphatic heterocycles. The first-order valence-corrected chi connectivity index (χ1v) is 8.79. The molecule has 0 saturated carbocycles. The van der Waals surface area contributed by atoms with E-state index < -0.39 is 0 Å². The van der Waals surface area contributed by atoms with Crippen molar-refractivity contribution in [2.75, 3.05) is 5.32 Å². The van der Waals surface area contributed by atoms with Crippen molar-refractivity contribution < 1.29 is 4.79 Å². The number of amides is 1. The number of carbonyl (C=O) groups excluding carboxylic acids is 1. The van der Waals surface area contributed by atoms with E-state index in [2.05, 4.69) is 34.0 Å². The van der Waals surface area contributed by atoms with E-state index in [1.54, 1.807) is 17.4 Å². The van der Waals surface area contributed by atoms with Gasteiger partial charge in [0.1, 0.15) is 0 Å². The van der Waals surface area contributed by atoms with Crippen LogP contribution in [-0.2, 0) is 12.8 Å². The Hall–Kier alpha value is -0.590. The SMILES string of the molecule is O=C(Nc1ccc(Cl)cc1I)c1cc2c(s1)CCCC2. The second kappa shape index (κ2) is 6.03. The Morgan fingerprint density at radius 1 is 1.25 bits per heavy atom. The van der Waals surface area contributed by atoms with Gasteiger partial charge in [0.25, 0.3) is 5.91 Å².